The van der Waals surface area contributed by atoms with Gasteiger partial charge in [0, 0.05) is 14.2 Å². The van der Waals surface area contributed by atoms with Gasteiger partial charge in [-0.2, -0.15) is 0 Å². The molecule has 0 saturated heterocycles. The third-order valence-corrected chi connectivity index (χ3v) is 3.11. The van der Waals surface area contributed by atoms with E-state index in [2.05, 4.69) is 0 Å². The highest BCUT2D eigenvalue weighted by molar-refractivity contribution is 5.80. The molecule has 0 aromatic carbocycles. The van der Waals surface area contributed by atoms with Gasteiger partial charge in [0.05, 0.1) is 24.0 Å². The maximum Gasteiger partial charge on any atom is 0.307 e. The second-order valence-electron chi connectivity index (χ2n) is 3.91. The molecule has 1 fully saturated rings. The predicted octanol–water partition coefficient (Wildman–Crippen LogP) is 0.212. The summed E-state index contributed by atoms with van der Waals surface area (Å²) in [6.45, 7) is 0. The lowest BCUT2D eigenvalue weighted by Crippen LogP contribution is -2.46. The Hall–Kier alpha value is -1.14. The van der Waals surface area contributed by atoms with Crippen LogP contribution in [-0.2, 0) is 19.1 Å². The van der Waals surface area contributed by atoms with Gasteiger partial charge in [-0.25, -0.2) is 0 Å². The SMILES string of the molecule is COC1CC(C(=O)O)C(C(=O)O)CC1OC. The number of carboxylic acid groups (broad SMARTS) is 2. The Balaban J connectivity index is 2.84. The highest BCUT2D eigenvalue weighted by Gasteiger charge is 2.44. The number of hydrogen-bond donors (Lipinski definition) is 2. The molecule has 4 atom stereocenters. The fraction of sp³-hybridized carbons (Fsp3) is 0.800. The Bertz CT molecular complexity index is 248. The Morgan fingerprint density at radius 3 is 1.44 bits per heavy atom. The van der Waals surface area contributed by atoms with Gasteiger partial charge in [0.1, 0.15) is 0 Å². The van der Waals surface area contributed by atoms with E-state index >= 15 is 0 Å². The van der Waals surface area contributed by atoms with Gasteiger partial charge in [-0.3, -0.25) is 9.59 Å². The third-order valence-electron chi connectivity index (χ3n) is 3.11. The number of carbonyl (C=O) groups is 2. The molecule has 0 radical (unpaired) electrons. The molecule has 1 aliphatic carbocycles. The normalized spacial score (nSPS) is 34.6. The lowest BCUT2D eigenvalue weighted by Gasteiger charge is -2.36. The van der Waals surface area contributed by atoms with Crippen LogP contribution in [0.3, 0.4) is 0 Å². The lowest BCUT2D eigenvalue weighted by atomic mass is 9.76. The van der Waals surface area contributed by atoms with Crippen molar-refractivity contribution < 1.29 is 29.3 Å². The summed E-state index contributed by atoms with van der Waals surface area (Å²) < 4.78 is 10.2. The Kier molecular flexibility index (Phi) is 4.26. The first kappa shape index (κ1) is 12.9. The number of hydrogen-bond acceptors (Lipinski definition) is 4. The van der Waals surface area contributed by atoms with Crippen molar-refractivity contribution in [3.8, 4) is 0 Å². The summed E-state index contributed by atoms with van der Waals surface area (Å²) in [5, 5.41) is 17.9. The van der Waals surface area contributed by atoms with E-state index in [-0.39, 0.29) is 25.0 Å². The van der Waals surface area contributed by atoms with Gasteiger partial charge in [-0.05, 0) is 12.8 Å². The molecule has 0 heterocycles. The summed E-state index contributed by atoms with van der Waals surface area (Å²) in [5.41, 5.74) is 0. The molecule has 0 spiro atoms. The van der Waals surface area contributed by atoms with Crippen molar-refractivity contribution in [3.05, 3.63) is 0 Å². The van der Waals surface area contributed by atoms with Gasteiger partial charge in [-0.15, -0.1) is 0 Å². The van der Waals surface area contributed by atoms with E-state index in [1.54, 1.807) is 0 Å². The molecule has 1 saturated carbocycles. The zero-order valence-electron chi connectivity index (χ0n) is 9.25. The Morgan fingerprint density at radius 2 is 1.25 bits per heavy atom. The second-order valence-corrected chi connectivity index (χ2v) is 3.91. The van der Waals surface area contributed by atoms with Crippen LogP contribution in [0.25, 0.3) is 0 Å². The number of carboxylic acids is 2. The predicted molar refractivity (Wildman–Crippen MR) is 53.1 cm³/mol. The van der Waals surface area contributed by atoms with Crippen LogP contribution >= 0.6 is 0 Å². The van der Waals surface area contributed by atoms with Gasteiger partial charge < -0.3 is 19.7 Å². The van der Waals surface area contributed by atoms with Gasteiger partial charge in [0.25, 0.3) is 0 Å². The van der Waals surface area contributed by atoms with Crippen LogP contribution in [0.1, 0.15) is 12.8 Å². The summed E-state index contributed by atoms with van der Waals surface area (Å²) in [6, 6.07) is 0. The molecular formula is C10H16O6. The highest BCUT2D eigenvalue weighted by atomic mass is 16.5. The number of aliphatic carboxylic acids is 2. The van der Waals surface area contributed by atoms with Crippen LogP contribution < -0.4 is 0 Å². The molecule has 0 amide bonds. The topological polar surface area (TPSA) is 93.1 Å². The van der Waals surface area contributed by atoms with Gasteiger partial charge in [0.15, 0.2) is 0 Å². The molecule has 6 heteroatoms. The molecule has 16 heavy (non-hydrogen) atoms. The van der Waals surface area contributed by atoms with Crippen molar-refractivity contribution in [3.63, 3.8) is 0 Å². The van der Waals surface area contributed by atoms with Crippen LogP contribution in [0.4, 0.5) is 0 Å². The Labute approximate surface area is 93.2 Å². The first-order valence-electron chi connectivity index (χ1n) is 5.02. The molecule has 1 aliphatic rings. The minimum absolute atomic E-state index is 0.168. The van der Waals surface area contributed by atoms with Crippen molar-refractivity contribution in [2.24, 2.45) is 11.8 Å². The largest absolute Gasteiger partial charge is 0.481 e. The van der Waals surface area contributed by atoms with E-state index in [0.29, 0.717) is 0 Å². The van der Waals surface area contributed by atoms with Gasteiger partial charge >= 0.3 is 11.9 Å². The first-order valence-corrected chi connectivity index (χ1v) is 5.02. The first-order chi connectivity index (χ1) is 7.51. The smallest absolute Gasteiger partial charge is 0.307 e. The summed E-state index contributed by atoms with van der Waals surface area (Å²) in [5.74, 6) is -4.00. The number of methoxy groups -OCH3 is 2. The minimum atomic E-state index is -1.09. The summed E-state index contributed by atoms with van der Waals surface area (Å²) in [7, 11) is 2.94. The summed E-state index contributed by atoms with van der Waals surface area (Å²) in [4.78, 5) is 21.9. The monoisotopic (exact) mass is 232 g/mol. The summed E-state index contributed by atoms with van der Waals surface area (Å²) in [6.07, 6.45) is -0.383. The van der Waals surface area contributed by atoms with E-state index in [4.69, 9.17) is 19.7 Å². The molecule has 2 N–H and O–H groups in total. The van der Waals surface area contributed by atoms with E-state index in [1.807, 2.05) is 0 Å². The van der Waals surface area contributed by atoms with E-state index in [1.165, 1.54) is 14.2 Å². The minimum Gasteiger partial charge on any atom is -0.481 e. The van der Waals surface area contributed by atoms with Crippen molar-refractivity contribution in [1.82, 2.24) is 0 Å². The number of ether oxygens (including phenoxy) is 2. The molecule has 0 aliphatic heterocycles. The highest BCUT2D eigenvalue weighted by Crippen LogP contribution is 2.33. The fourth-order valence-corrected chi connectivity index (χ4v) is 2.17. The van der Waals surface area contributed by atoms with Crippen molar-refractivity contribution in [1.29, 1.82) is 0 Å². The third kappa shape index (κ3) is 2.51. The fourth-order valence-electron chi connectivity index (χ4n) is 2.17. The van der Waals surface area contributed by atoms with Crippen molar-refractivity contribution >= 4 is 11.9 Å². The molecule has 0 aromatic rings. The van der Waals surface area contributed by atoms with Crippen molar-refractivity contribution in [2.75, 3.05) is 14.2 Å². The maximum absolute atomic E-state index is 11.0. The quantitative estimate of drug-likeness (QED) is 0.719. The van der Waals surface area contributed by atoms with E-state index in [9.17, 15) is 9.59 Å². The average molecular weight is 232 g/mol. The number of rotatable bonds is 4. The molecule has 0 aromatic heterocycles. The Morgan fingerprint density at radius 1 is 0.938 bits per heavy atom. The maximum atomic E-state index is 11.0. The van der Waals surface area contributed by atoms with Gasteiger partial charge in [-0.1, -0.05) is 0 Å². The average Bonchev–Trinajstić information content (AvgIpc) is 2.26. The van der Waals surface area contributed by atoms with Crippen molar-refractivity contribution in [2.45, 2.75) is 25.0 Å². The van der Waals surface area contributed by atoms with E-state index < -0.39 is 23.8 Å². The zero-order valence-corrected chi connectivity index (χ0v) is 9.25. The molecule has 4 unspecified atom stereocenters. The van der Waals surface area contributed by atoms with Crippen LogP contribution in [0.2, 0.25) is 0 Å². The van der Waals surface area contributed by atoms with Crippen LogP contribution in [0.5, 0.6) is 0 Å². The van der Waals surface area contributed by atoms with Gasteiger partial charge in [0.2, 0.25) is 0 Å². The second kappa shape index (κ2) is 5.27. The van der Waals surface area contributed by atoms with Crippen LogP contribution in [0.15, 0.2) is 0 Å². The standard InChI is InChI=1S/C10H16O6/c1-15-7-3-5(9(11)12)6(10(13)14)4-8(7)16-2/h5-8H,3-4H2,1-2H3,(H,11,12)(H,13,14). The molecule has 92 valence electrons. The molecule has 1 rings (SSSR count). The van der Waals surface area contributed by atoms with Crippen LogP contribution in [-0.4, -0.2) is 48.6 Å². The van der Waals surface area contributed by atoms with E-state index in [0.717, 1.165) is 0 Å². The van der Waals surface area contributed by atoms with Crippen LogP contribution in [0, 0.1) is 11.8 Å². The molecular weight excluding hydrogens is 216 g/mol. The molecule has 6 nitrogen and oxygen atoms in total. The lowest BCUT2D eigenvalue weighted by molar-refractivity contribution is -0.165. The summed E-state index contributed by atoms with van der Waals surface area (Å²) >= 11 is 0. The molecule has 0 bridgehead atoms. The zero-order chi connectivity index (χ0) is 12.3.